The Morgan fingerprint density at radius 2 is 1.98 bits per heavy atom. The number of thioether (sulfide) groups is 1. The molecule has 6 rings (SSSR count). The van der Waals surface area contributed by atoms with E-state index in [9.17, 15) is 24.3 Å². The zero-order valence-electron chi connectivity index (χ0n) is 25.6. The van der Waals surface area contributed by atoms with E-state index >= 15 is 0 Å². The Labute approximate surface area is 263 Å². The summed E-state index contributed by atoms with van der Waals surface area (Å²) in [4.78, 5) is 27.2. The molecule has 7 nitrogen and oxygen atoms in total. The molecule has 0 bridgehead atoms. The number of hydrazine groups is 1. The van der Waals surface area contributed by atoms with E-state index in [1.54, 1.807) is 17.1 Å². The molecule has 9 heteroatoms. The zero-order chi connectivity index (χ0) is 31.4. The molecule has 0 heterocycles. The minimum absolute atomic E-state index is 0.00176. The molecule has 5 aliphatic carbocycles. The monoisotopic (exact) mass is 619 g/mol. The van der Waals surface area contributed by atoms with Gasteiger partial charge >= 0.3 is 5.97 Å². The number of halogens is 1. The third kappa shape index (κ3) is 4.67. The van der Waals surface area contributed by atoms with E-state index in [-0.39, 0.29) is 51.7 Å². The molecule has 1 aromatic rings. The lowest BCUT2D eigenvalue weighted by Gasteiger charge is -2.61. The number of aliphatic hydroxyl groups excluding tert-OH is 1. The molecule has 7 atom stereocenters. The third-order valence-electron chi connectivity index (χ3n) is 11.9. The number of aliphatic hydroxyl groups is 1. The van der Waals surface area contributed by atoms with Crippen molar-refractivity contribution in [3.05, 3.63) is 65.7 Å². The molecule has 4 fully saturated rings. The molecule has 0 radical (unpaired) electrons. The second-order valence-electron chi connectivity index (χ2n) is 13.9. The molecule has 0 saturated heterocycles. The molecule has 5 aliphatic rings. The summed E-state index contributed by atoms with van der Waals surface area (Å²) < 4.78 is 19.9. The average molecular weight is 620 g/mol. The molecule has 44 heavy (non-hydrogen) atoms. The van der Waals surface area contributed by atoms with Crippen LogP contribution in [0.3, 0.4) is 0 Å². The lowest BCUT2D eigenvalue weighted by atomic mass is 9.45. The normalized spacial score (nSPS) is 36.1. The number of esters is 1. The number of carbonyl (C=O) groups is 2. The maximum absolute atomic E-state index is 13.9. The van der Waals surface area contributed by atoms with Crippen molar-refractivity contribution < 1.29 is 23.8 Å². The Morgan fingerprint density at radius 3 is 2.61 bits per heavy atom. The first-order valence-electron chi connectivity index (χ1n) is 15.8. The highest BCUT2D eigenvalue weighted by atomic mass is 32.2. The van der Waals surface area contributed by atoms with Crippen molar-refractivity contribution in [1.29, 1.82) is 5.26 Å². The van der Waals surface area contributed by atoms with Crippen LogP contribution < -0.4 is 10.9 Å². The van der Waals surface area contributed by atoms with E-state index < -0.39 is 17.1 Å². The number of carbonyl (C=O) groups excluding carboxylic acids is 2. The van der Waals surface area contributed by atoms with Gasteiger partial charge in [0, 0.05) is 5.41 Å². The van der Waals surface area contributed by atoms with Gasteiger partial charge in [0.1, 0.15) is 5.82 Å². The fraction of sp³-hybridized carbons (Fsp3) is 0.571. The predicted molar refractivity (Wildman–Crippen MR) is 168 cm³/mol. The number of hydrogen-bond donors (Lipinski definition) is 2. The molecule has 3 N–H and O–H groups in total. The van der Waals surface area contributed by atoms with Gasteiger partial charge in [-0.2, -0.15) is 5.26 Å². The quantitative estimate of drug-likeness (QED) is 0.206. The highest BCUT2D eigenvalue weighted by Gasteiger charge is 2.71. The molecule has 1 aromatic carbocycles. The van der Waals surface area contributed by atoms with E-state index in [1.165, 1.54) is 17.7 Å². The van der Waals surface area contributed by atoms with Crippen LogP contribution in [0.4, 0.5) is 10.1 Å². The summed E-state index contributed by atoms with van der Waals surface area (Å²) in [5.41, 5.74) is 1.22. The van der Waals surface area contributed by atoms with Crippen LogP contribution in [0.1, 0.15) is 71.6 Å². The van der Waals surface area contributed by atoms with Crippen molar-refractivity contribution in [2.24, 2.45) is 40.3 Å². The molecule has 234 valence electrons. The minimum atomic E-state index is -1.35. The molecular weight excluding hydrogens is 577 g/mol. The van der Waals surface area contributed by atoms with Gasteiger partial charge in [-0.1, -0.05) is 50.3 Å². The van der Waals surface area contributed by atoms with Crippen LogP contribution in [0.2, 0.25) is 0 Å². The Kier molecular flexibility index (Phi) is 8.09. The van der Waals surface area contributed by atoms with E-state index in [1.807, 2.05) is 13.0 Å². The maximum Gasteiger partial charge on any atom is 0.309 e. The van der Waals surface area contributed by atoms with Gasteiger partial charge in [0.2, 0.25) is 5.12 Å². The zero-order valence-corrected chi connectivity index (χ0v) is 26.4. The summed E-state index contributed by atoms with van der Waals surface area (Å²) in [6.07, 6.45) is 9.56. The minimum Gasteiger partial charge on any atom is -0.449 e. The van der Waals surface area contributed by atoms with Gasteiger partial charge in [-0.25, -0.2) is 10.2 Å². The Hall–Kier alpha value is -2.93. The van der Waals surface area contributed by atoms with Crippen LogP contribution in [0, 0.1) is 51.6 Å². The first kappa shape index (κ1) is 31.1. The predicted octanol–water partition coefficient (Wildman–Crippen LogP) is 6.35. The summed E-state index contributed by atoms with van der Waals surface area (Å²) in [5.74, 6) is 5.91. The Morgan fingerprint density at radius 1 is 1.25 bits per heavy atom. The van der Waals surface area contributed by atoms with Crippen LogP contribution >= 0.6 is 11.8 Å². The molecule has 0 aliphatic heterocycles. The number of rotatable bonds is 7. The molecule has 5 unspecified atom stereocenters. The summed E-state index contributed by atoms with van der Waals surface area (Å²) in [7, 11) is 0. The van der Waals surface area contributed by atoms with Gasteiger partial charge in [0.05, 0.1) is 35.2 Å². The van der Waals surface area contributed by atoms with Crippen molar-refractivity contribution >= 4 is 28.5 Å². The van der Waals surface area contributed by atoms with Gasteiger partial charge in [-0.3, -0.25) is 14.6 Å². The van der Waals surface area contributed by atoms with Crippen molar-refractivity contribution in [3.8, 4) is 6.07 Å². The topological polar surface area (TPSA) is 117 Å². The van der Waals surface area contributed by atoms with Crippen molar-refractivity contribution in [1.82, 2.24) is 0 Å². The number of benzene rings is 1. The number of fused-ring (bicyclic) bond motifs is 5. The molecule has 4 saturated carbocycles. The SMILES string of the molecule is C=CC1=C(N(N)c2ccc(F)cc2)C=C2CCC3[C@H](C(O)CC4(C)[C@H]3CCC4(OC(=O)C3CCC3)C(=O)SCC#N)C2(C)C1. The number of nitrogens with two attached hydrogens (primary N) is 1. The fourth-order valence-corrected chi connectivity index (χ4v) is 10.3. The molecule has 0 amide bonds. The lowest BCUT2D eigenvalue weighted by molar-refractivity contribution is -0.201. The van der Waals surface area contributed by atoms with Crippen LogP contribution in [-0.4, -0.2) is 33.6 Å². The van der Waals surface area contributed by atoms with Gasteiger partial charge in [0.25, 0.3) is 0 Å². The third-order valence-corrected chi connectivity index (χ3v) is 12.8. The summed E-state index contributed by atoms with van der Waals surface area (Å²) in [6.45, 7) is 8.37. The first-order valence-corrected chi connectivity index (χ1v) is 16.8. The van der Waals surface area contributed by atoms with E-state index in [0.717, 1.165) is 61.6 Å². The van der Waals surface area contributed by atoms with Crippen LogP contribution in [0.15, 0.2) is 59.8 Å². The second-order valence-corrected chi connectivity index (χ2v) is 14.8. The van der Waals surface area contributed by atoms with E-state index in [2.05, 4.69) is 25.6 Å². The second kappa shape index (κ2) is 11.5. The smallest absolute Gasteiger partial charge is 0.309 e. The fourth-order valence-electron chi connectivity index (χ4n) is 9.47. The van der Waals surface area contributed by atoms with Crippen LogP contribution in [0.5, 0.6) is 0 Å². The van der Waals surface area contributed by atoms with Crippen molar-refractivity contribution in [2.75, 3.05) is 10.8 Å². The van der Waals surface area contributed by atoms with Gasteiger partial charge in [0.15, 0.2) is 5.60 Å². The molecule has 0 aromatic heterocycles. The van der Waals surface area contributed by atoms with Crippen molar-refractivity contribution in [3.63, 3.8) is 0 Å². The molecule has 0 spiro atoms. The summed E-state index contributed by atoms with van der Waals surface area (Å²) in [5, 5.41) is 22.7. The number of ether oxygens (including phenoxy) is 1. The van der Waals surface area contributed by atoms with Crippen LogP contribution in [-0.2, 0) is 14.3 Å². The highest BCUT2D eigenvalue weighted by Crippen LogP contribution is 2.69. The maximum atomic E-state index is 13.9. The van der Waals surface area contributed by atoms with E-state index in [4.69, 9.17) is 10.6 Å². The van der Waals surface area contributed by atoms with Gasteiger partial charge in [-0.05, 0) is 110 Å². The number of anilines is 1. The standard InChI is InChI=1S/C35H42FN3O4S/c1-4-21-19-33(2)23(18-28(21)39(38)25-11-9-24(36)10-12-25)8-13-26-27-14-15-35(32(42)44-17-16-37,43-31(41)22-6-5-7-22)34(27,3)20-29(40)30(26)33/h4,9-12,18,22,26-27,29-30,40H,1,5-8,13-15,17,19-20,38H2,2-3H3/t26?,27-,29?,30+,33?,34?,35?/m0/s1. The van der Waals surface area contributed by atoms with Gasteiger partial charge < -0.3 is 9.84 Å². The Bertz CT molecular complexity index is 1460. The van der Waals surface area contributed by atoms with E-state index in [0.29, 0.717) is 24.9 Å². The number of nitriles is 1. The summed E-state index contributed by atoms with van der Waals surface area (Å²) in [6, 6.07) is 8.13. The lowest BCUT2D eigenvalue weighted by Crippen LogP contribution is -2.62. The van der Waals surface area contributed by atoms with Crippen molar-refractivity contribution in [2.45, 2.75) is 83.3 Å². The average Bonchev–Trinajstić information content (AvgIpc) is 3.25. The largest absolute Gasteiger partial charge is 0.449 e. The number of nitrogens with zero attached hydrogens (tertiary/aromatic N) is 2. The molecular formula is C35H42FN3O4S. The summed E-state index contributed by atoms with van der Waals surface area (Å²) >= 11 is 0.937. The first-order chi connectivity index (χ1) is 21.0. The highest BCUT2D eigenvalue weighted by molar-refractivity contribution is 8.14. The van der Waals surface area contributed by atoms with Gasteiger partial charge in [-0.15, -0.1) is 0 Å². The van der Waals surface area contributed by atoms with Crippen LogP contribution in [0.25, 0.3) is 0 Å². The number of allylic oxidation sites excluding steroid dienone is 4. The Balaban J connectivity index is 1.33. The number of hydrogen-bond acceptors (Lipinski definition) is 8.